The molecule has 5 aromatic rings. The molecule has 0 radical (unpaired) electrons. The van der Waals surface area contributed by atoms with Crippen molar-refractivity contribution < 1.29 is 4.79 Å². The molecule has 0 spiro atoms. The number of carbonyl (C=O) groups is 1. The van der Waals surface area contributed by atoms with Crippen molar-refractivity contribution in [3.8, 4) is 11.1 Å². The van der Waals surface area contributed by atoms with Crippen molar-refractivity contribution in [1.29, 1.82) is 0 Å². The third-order valence-electron chi connectivity index (χ3n) is 5.67. The lowest BCUT2D eigenvalue weighted by Gasteiger charge is -2.02. The van der Waals surface area contributed by atoms with E-state index in [1.165, 1.54) is 41.1 Å². The van der Waals surface area contributed by atoms with Crippen molar-refractivity contribution in [2.45, 2.75) is 4.90 Å². The monoisotopic (exact) mass is 424 g/mol. The fourth-order valence-electron chi connectivity index (χ4n) is 4.44. The van der Waals surface area contributed by atoms with Crippen LogP contribution in [0.15, 0.2) is 82.6 Å². The average Bonchev–Trinajstić information content (AvgIpc) is 3.46. The number of hydrogen-bond donors (Lipinski definition) is 0. The molecule has 0 saturated carbocycles. The Kier molecular flexibility index (Phi) is 3.18. The van der Waals surface area contributed by atoms with E-state index in [0.29, 0.717) is 0 Å². The number of Topliss-reactive ketones (excluding diaryl/α,β-unsaturated/α-hetero) is 1. The fraction of sp³-hybridized carbons (Fsp3) is 0. The van der Waals surface area contributed by atoms with Gasteiger partial charge in [-0.05, 0) is 24.3 Å². The standard InChI is InChI=1S/C25H12OS3/c26-22-15-9-3-6-12-18(15)29-25(22)21-23-19(13-7-1-4-10-16(13)27-23)20-14-8-2-5-11-17(14)28-24(20)21/h1-12H. The number of rotatable bonds is 0. The zero-order valence-electron chi connectivity index (χ0n) is 15.1. The summed E-state index contributed by atoms with van der Waals surface area (Å²) in [6.07, 6.45) is 0. The number of hydrogen-bond acceptors (Lipinski definition) is 4. The van der Waals surface area contributed by atoms with Gasteiger partial charge in [-0.15, -0.1) is 22.7 Å². The summed E-state index contributed by atoms with van der Waals surface area (Å²) < 4.78 is 2.56. The number of ketones is 1. The molecule has 2 aliphatic rings. The first-order valence-electron chi connectivity index (χ1n) is 9.41. The molecule has 1 aliphatic heterocycles. The summed E-state index contributed by atoms with van der Waals surface area (Å²) in [6.45, 7) is 0. The molecule has 0 unspecified atom stereocenters. The molecule has 0 bridgehead atoms. The summed E-state index contributed by atoms with van der Waals surface area (Å²) in [5, 5.41) is 2.58. The minimum atomic E-state index is 0.161. The average molecular weight is 425 g/mol. The van der Waals surface area contributed by atoms with Gasteiger partial charge in [0.15, 0.2) is 0 Å². The molecular formula is C25H12OS3. The zero-order valence-corrected chi connectivity index (χ0v) is 17.5. The summed E-state index contributed by atoms with van der Waals surface area (Å²) in [5.74, 6) is 0.161. The van der Waals surface area contributed by atoms with Crippen LogP contribution in [0.1, 0.15) is 20.1 Å². The lowest BCUT2D eigenvalue weighted by atomic mass is 10.0. The van der Waals surface area contributed by atoms with E-state index in [9.17, 15) is 4.79 Å². The van der Waals surface area contributed by atoms with Crippen molar-refractivity contribution in [2.24, 2.45) is 0 Å². The van der Waals surface area contributed by atoms with E-state index in [1.54, 1.807) is 11.8 Å². The molecule has 0 fully saturated rings. The molecule has 0 amide bonds. The maximum Gasteiger partial charge on any atom is 0.201 e. The minimum Gasteiger partial charge on any atom is -0.288 e. The molecule has 1 nitrogen and oxygen atoms in total. The van der Waals surface area contributed by atoms with Crippen LogP contribution in [0.3, 0.4) is 0 Å². The zero-order chi connectivity index (χ0) is 19.1. The molecule has 0 atom stereocenters. The highest BCUT2D eigenvalue weighted by atomic mass is 32.2. The van der Waals surface area contributed by atoms with Crippen LogP contribution in [0.5, 0.6) is 0 Å². The normalized spacial score (nSPS) is 14.7. The molecule has 136 valence electrons. The van der Waals surface area contributed by atoms with E-state index in [4.69, 9.17) is 0 Å². The van der Waals surface area contributed by atoms with Crippen LogP contribution in [0.25, 0.3) is 36.9 Å². The highest BCUT2D eigenvalue weighted by Gasteiger charge is 2.38. The summed E-state index contributed by atoms with van der Waals surface area (Å²) in [7, 11) is 0. The highest BCUT2D eigenvalue weighted by Crippen LogP contribution is 2.60. The first-order valence-corrected chi connectivity index (χ1v) is 11.9. The van der Waals surface area contributed by atoms with E-state index < -0.39 is 0 Å². The maximum atomic E-state index is 13.4. The van der Waals surface area contributed by atoms with Crippen molar-refractivity contribution in [3.63, 3.8) is 0 Å². The van der Waals surface area contributed by atoms with Crippen LogP contribution >= 0.6 is 34.4 Å². The van der Waals surface area contributed by atoms with Crippen molar-refractivity contribution in [1.82, 2.24) is 0 Å². The second-order valence-corrected chi connectivity index (χ2v) is 10.4. The fourth-order valence-corrected chi connectivity index (χ4v) is 8.31. The van der Waals surface area contributed by atoms with Crippen LogP contribution < -0.4 is 0 Å². The van der Waals surface area contributed by atoms with Gasteiger partial charge in [-0.1, -0.05) is 60.3 Å². The molecule has 3 aromatic carbocycles. The number of allylic oxidation sites excluding steroid dienone is 1. The Morgan fingerprint density at radius 3 is 1.79 bits per heavy atom. The number of thiophene rings is 2. The van der Waals surface area contributed by atoms with Crippen LogP contribution in [0.2, 0.25) is 0 Å². The van der Waals surface area contributed by atoms with Gasteiger partial charge in [0.2, 0.25) is 5.78 Å². The molecule has 3 heterocycles. The SMILES string of the molecule is O=C1C(=C2c3sc4ccccc4c3-c3c2sc2ccccc32)Sc2ccccc21. The van der Waals surface area contributed by atoms with E-state index in [0.717, 1.165) is 20.9 Å². The first kappa shape index (κ1) is 16.2. The van der Waals surface area contributed by atoms with Crippen LogP contribution in [0, 0.1) is 0 Å². The number of thioether (sulfide) groups is 1. The minimum absolute atomic E-state index is 0.161. The van der Waals surface area contributed by atoms with Crippen molar-refractivity contribution in [2.75, 3.05) is 0 Å². The second kappa shape index (κ2) is 5.70. The maximum absolute atomic E-state index is 13.4. The molecule has 29 heavy (non-hydrogen) atoms. The second-order valence-electron chi connectivity index (χ2n) is 7.24. The number of carbonyl (C=O) groups excluding carboxylic acids is 1. The molecule has 0 N–H and O–H groups in total. The molecule has 0 saturated heterocycles. The van der Waals surface area contributed by atoms with Gasteiger partial charge in [0.25, 0.3) is 0 Å². The predicted octanol–water partition coefficient (Wildman–Crippen LogP) is 7.84. The van der Waals surface area contributed by atoms with Crippen molar-refractivity contribution in [3.05, 3.63) is 93.0 Å². The topological polar surface area (TPSA) is 17.1 Å². The van der Waals surface area contributed by atoms with Gasteiger partial charge in [-0.25, -0.2) is 0 Å². The van der Waals surface area contributed by atoms with Gasteiger partial charge in [0.05, 0.1) is 4.91 Å². The molecule has 1 aliphatic carbocycles. The molecule has 4 heteroatoms. The lowest BCUT2D eigenvalue weighted by Crippen LogP contribution is -1.96. The largest absolute Gasteiger partial charge is 0.288 e. The lowest BCUT2D eigenvalue weighted by molar-refractivity contribution is 0.104. The Bertz CT molecular complexity index is 1470. The quantitative estimate of drug-likeness (QED) is 0.231. The Morgan fingerprint density at radius 2 is 1.17 bits per heavy atom. The Hall–Kier alpha value is -2.66. The first-order chi connectivity index (χ1) is 14.3. The number of benzene rings is 3. The molecule has 2 aromatic heterocycles. The smallest absolute Gasteiger partial charge is 0.201 e. The van der Waals surface area contributed by atoms with E-state index in [1.807, 2.05) is 40.9 Å². The van der Waals surface area contributed by atoms with E-state index >= 15 is 0 Å². The third kappa shape index (κ3) is 2.04. The van der Waals surface area contributed by atoms with Crippen LogP contribution in [-0.2, 0) is 0 Å². The summed E-state index contributed by atoms with van der Waals surface area (Å²) >= 11 is 5.26. The van der Waals surface area contributed by atoms with Crippen molar-refractivity contribution >= 4 is 66.0 Å². The summed E-state index contributed by atoms with van der Waals surface area (Å²) in [4.78, 5) is 17.8. The van der Waals surface area contributed by atoms with Crippen LogP contribution in [-0.4, -0.2) is 5.78 Å². The van der Waals surface area contributed by atoms with E-state index in [2.05, 4.69) is 54.6 Å². The molecule has 7 rings (SSSR count). The Labute approximate surface area is 179 Å². The van der Waals surface area contributed by atoms with Gasteiger partial charge in [0.1, 0.15) is 0 Å². The predicted molar refractivity (Wildman–Crippen MR) is 125 cm³/mol. The Morgan fingerprint density at radius 1 is 0.621 bits per heavy atom. The van der Waals surface area contributed by atoms with Gasteiger partial charge >= 0.3 is 0 Å². The summed E-state index contributed by atoms with van der Waals surface area (Å²) in [6, 6.07) is 25.2. The summed E-state index contributed by atoms with van der Waals surface area (Å²) in [5.41, 5.74) is 4.59. The van der Waals surface area contributed by atoms with Gasteiger partial charge in [-0.3, -0.25) is 4.79 Å². The number of fused-ring (bicyclic) bond motifs is 8. The van der Waals surface area contributed by atoms with E-state index in [-0.39, 0.29) is 5.78 Å². The van der Waals surface area contributed by atoms with Gasteiger partial charge < -0.3 is 0 Å². The van der Waals surface area contributed by atoms with Gasteiger partial charge in [0, 0.05) is 57.1 Å². The van der Waals surface area contributed by atoms with Crippen LogP contribution in [0.4, 0.5) is 0 Å². The Balaban J connectivity index is 1.64. The third-order valence-corrected chi connectivity index (χ3v) is 9.22. The highest BCUT2D eigenvalue weighted by molar-refractivity contribution is 8.05. The van der Waals surface area contributed by atoms with Gasteiger partial charge in [-0.2, -0.15) is 0 Å². The molecular weight excluding hydrogens is 412 g/mol.